The summed E-state index contributed by atoms with van der Waals surface area (Å²) >= 11 is 0. The van der Waals surface area contributed by atoms with Crippen molar-refractivity contribution < 1.29 is 9.53 Å². The van der Waals surface area contributed by atoms with Crippen molar-refractivity contribution in [1.82, 2.24) is 5.32 Å². The Morgan fingerprint density at radius 2 is 1.72 bits per heavy atom. The lowest BCUT2D eigenvalue weighted by Crippen LogP contribution is -2.25. The fourth-order valence-corrected chi connectivity index (χ4v) is 4.80. The van der Waals surface area contributed by atoms with Gasteiger partial charge in [-0.05, 0) is 79.0 Å². The summed E-state index contributed by atoms with van der Waals surface area (Å²) in [6, 6.07) is 24.3. The van der Waals surface area contributed by atoms with Gasteiger partial charge in [0.25, 0.3) is 5.91 Å². The van der Waals surface area contributed by atoms with Gasteiger partial charge in [-0.1, -0.05) is 75.6 Å². The summed E-state index contributed by atoms with van der Waals surface area (Å²) in [6.45, 7) is 5.78. The molecule has 0 saturated heterocycles. The number of hydrogen-bond acceptors (Lipinski definition) is 3. The zero-order chi connectivity index (χ0) is 25.2. The molecule has 4 nitrogen and oxygen atoms in total. The SMILES string of the molecule is CCCC(CC)CCCNC(=O)c1ccccc1Nc1ccc(OCc2ccccc2)cc1C1CC1. The van der Waals surface area contributed by atoms with Crippen LogP contribution in [0.2, 0.25) is 0 Å². The van der Waals surface area contributed by atoms with Crippen molar-refractivity contribution in [3.05, 3.63) is 89.5 Å². The number of benzene rings is 3. The molecule has 0 bridgehead atoms. The Hall–Kier alpha value is -3.27. The molecule has 0 aromatic heterocycles. The first kappa shape index (κ1) is 25.8. The molecule has 0 aliphatic heterocycles. The average Bonchev–Trinajstić information content (AvgIpc) is 3.76. The lowest BCUT2D eigenvalue weighted by atomic mass is 9.95. The third kappa shape index (κ3) is 7.36. The maximum atomic E-state index is 13.0. The summed E-state index contributed by atoms with van der Waals surface area (Å²) < 4.78 is 6.08. The zero-order valence-electron chi connectivity index (χ0n) is 21.8. The van der Waals surface area contributed by atoms with Gasteiger partial charge in [-0.15, -0.1) is 0 Å². The van der Waals surface area contributed by atoms with Gasteiger partial charge in [-0.3, -0.25) is 4.79 Å². The highest BCUT2D eigenvalue weighted by Crippen LogP contribution is 2.45. The van der Waals surface area contributed by atoms with Crippen molar-refractivity contribution in [2.75, 3.05) is 11.9 Å². The molecular weight excluding hydrogens is 444 g/mol. The normalized spacial score (nSPS) is 13.7. The number of para-hydroxylation sites is 1. The van der Waals surface area contributed by atoms with Gasteiger partial charge >= 0.3 is 0 Å². The van der Waals surface area contributed by atoms with E-state index < -0.39 is 0 Å². The summed E-state index contributed by atoms with van der Waals surface area (Å²) in [5, 5.41) is 6.70. The first-order valence-electron chi connectivity index (χ1n) is 13.6. The predicted octanol–water partition coefficient (Wildman–Crippen LogP) is 8.22. The second-order valence-electron chi connectivity index (χ2n) is 9.93. The molecule has 36 heavy (non-hydrogen) atoms. The molecule has 3 aromatic carbocycles. The van der Waals surface area contributed by atoms with Gasteiger partial charge in [-0.2, -0.15) is 0 Å². The highest BCUT2D eigenvalue weighted by Gasteiger charge is 2.27. The molecule has 2 N–H and O–H groups in total. The van der Waals surface area contributed by atoms with Gasteiger partial charge in [0.05, 0.1) is 11.3 Å². The maximum absolute atomic E-state index is 13.0. The second kappa shape index (κ2) is 13.2. The molecule has 1 unspecified atom stereocenters. The molecular formula is C32H40N2O2. The summed E-state index contributed by atoms with van der Waals surface area (Å²) in [4.78, 5) is 13.0. The van der Waals surface area contributed by atoms with Crippen molar-refractivity contribution in [3.8, 4) is 5.75 Å². The first-order chi connectivity index (χ1) is 17.7. The van der Waals surface area contributed by atoms with Crippen LogP contribution in [0.1, 0.15) is 86.2 Å². The van der Waals surface area contributed by atoms with Crippen molar-refractivity contribution in [2.45, 2.75) is 71.3 Å². The molecule has 1 aliphatic rings. The third-order valence-corrected chi connectivity index (χ3v) is 7.08. The third-order valence-electron chi connectivity index (χ3n) is 7.08. The van der Waals surface area contributed by atoms with Crippen LogP contribution in [0.3, 0.4) is 0 Å². The predicted molar refractivity (Wildman–Crippen MR) is 149 cm³/mol. The summed E-state index contributed by atoms with van der Waals surface area (Å²) in [5.74, 6) is 2.17. The van der Waals surface area contributed by atoms with Crippen LogP contribution in [-0.4, -0.2) is 12.5 Å². The zero-order valence-corrected chi connectivity index (χ0v) is 21.8. The number of amides is 1. The first-order valence-corrected chi connectivity index (χ1v) is 13.6. The van der Waals surface area contributed by atoms with Crippen LogP contribution in [-0.2, 0) is 6.61 Å². The molecule has 1 atom stereocenters. The molecule has 4 rings (SSSR count). The largest absolute Gasteiger partial charge is 0.489 e. The Morgan fingerprint density at radius 1 is 0.944 bits per heavy atom. The number of carbonyl (C=O) groups is 1. The lowest BCUT2D eigenvalue weighted by Gasteiger charge is -2.17. The molecule has 1 aliphatic carbocycles. The van der Waals surface area contributed by atoms with Crippen LogP contribution in [0.25, 0.3) is 0 Å². The lowest BCUT2D eigenvalue weighted by molar-refractivity contribution is 0.0953. The van der Waals surface area contributed by atoms with Gasteiger partial charge in [0.1, 0.15) is 12.4 Å². The van der Waals surface area contributed by atoms with E-state index in [9.17, 15) is 4.79 Å². The summed E-state index contributed by atoms with van der Waals surface area (Å²) in [5.41, 5.74) is 4.99. The minimum atomic E-state index is -0.0163. The Bertz CT molecular complexity index is 1110. The van der Waals surface area contributed by atoms with Crippen LogP contribution in [0, 0.1) is 5.92 Å². The van der Waals surface area contributed by atoms with E-state index in [2.05, 4.69) is 48.7 Å². The number of nitrogens with one attached hydrogen (secondary N) is 2. The van der Waals surface area contributed by atoms with E-state index in [0.29, 0.717) is 24.6 Å². The number of ether oxygens (including phenoxy) is 1. The quantitative estimate of drug-likeness (QED) is 0.227. The van der Waals surface area contributed by atoms with Crippen molar-refractivity contribution >= 4 is 17.3 Å². The van der Waals surface area contributed by atoms with Crippen molar-refractivity contribution in [3.63, 3.8) is 0 Å². The van der Waals surface area contributed by atoms with E-state index in [1.54, 1.807) is 0 Å². The summed E-state index contributed by atoms with van der Waals surface area (Å²) in [7, 11) is 0. The Kier molecular flexibility index (Phi) is 9.43. The molecule has 0 heterocycles. The van der Waals surface area contributed by atoms with Crippen molar-refractivity contribution in [1.29, 1.82) is 0 Å². The molecule has 1 amide bonds. The number of anilines is 2. The minimum Gasteiger partial charge on any atom is -0.489 e. The van der Waals surface area contributed by atoms with Gasteiger partial charge < -0.3 is 15.4 Å². The van der Waals surface area contributed by atoms with Crippen LogP contribution >= 0.6 is 0 Å². The molecule has 4 heteroatoms. The molecule has 1 saturated carbocycles. The smallest absolute Gasteiger partial charge is 0.253 e. The molecule has 0 spiro atoms. The van der Waals surface area contributed by atoms with E-state index in [0.717, 1.165) is 35.0 Å². The van der Waals surface area contributed by atoms with Crippen LogP contribution < -0.4 is 15.4 Å². The molecule has 0 radical (unpaired) electrons. The van der Waals surface area contributed by atoms with E-state index in [-0.39, 0.29) is 5.91 Å². The second-order valence-corrected chi connectivity index (χ2v) is 9.93. The van der Waals surface area contributed by atoms with E-state index in [4.69, 9.17) is 4.74 Å². The van der Waals surface area contributed by atoms with Crippen LogP contribution in [0.15, 0.2) is 72.8 Å². The highest BCUT2D eigenvalue weighted by atomic mass is 16.5. The minimum absolute atomic E-state index is 0.0163. The van der Waals surface area contributed by atoms with Gasteiger partial charge in [0.15, 0.2) is 0 Å². The fraction of sp³-hybridized carbons (Fsp3) is 0.406. The number of rotatable bonds is 14. The average molecular weight is 485 g/mol. The standard InChI is InChI=1S/C32H40N2O2/c1-3-11-24(4-2)14-10-21-33-32(35)28-15-8-9-16-30(28)34-31-20-19-27(22-29(31)26-17-18-26)36-23-25-12-6-5-7-13-25/h5-9,12-13,15-16,19-20,22,24,26,34H,3-4,10-11,14,17-18,21,23H2,1-2H3,(H,33,35). The van der Waals surface area contributed by atoms with Crippen LogP contribution in [0.4, 0.5) is 11.4 Å². The van der Waals surface area contributed by atoms with E-state index in [1.807, 2.05) is 48.5 Å². The summed E-state index contributed by atoms with van der Waals surface area (Å²) in [6.07, 6.45) is 8.30. The van der Waals surface area contributed by atoms with Gasteiger partial charge in [0, 0.05) is 12.2 Å². The van der Waals surface area contributed by atoms with Crippen LogP contribution in [0.5, 0.6) is 5.75 Å². The molecule has 190 valence electrons. The molecule has 3 aromatic rings. The molecule has 1 fully saturated rings. The maximum Gasteiger partial charge on any atom is 0.253 e. The topological polar surface area (TPSA) is 50.4 Å². The Morgan fingerprint density at radius 3 is 2.47 bits per heavy atom. The number of hydrogen-bond donors (Lipinski definition) is 2. The van der Waals surface area contributed by atoms with E-state index in [1.165, 1.54) is 44.1 Å². The van der Waals surface area contributed by atoms with Crippen molar-refractivity contribution in [2.24, 2.45) is 5.92 Å². The fourth-order valence-electron chi connectivity index (χ4n) is 4.80. The van der Waals surface area contributed by atoms with Gasteiger partial charge in [-0.25, -0.2) is 0 Å². The Balaban J connectivity index is 1.40. The highest BCUT2D eigenvalue weighted by molar-refractivity contribution is 6.00. The Labute approximate surface area is 216 Å². The van der Waals surface area contributed by atoms with Gasteiger partial charge in [0.2, 0.25) is 0 Å². The monoisotopic (exact) mass is 484 g/mol. The van der Waals surface area contributed by atoms with E-state index >= 15 is 0 Å². The number of carbonyl (C=O) groups excluding carboxylic acids is 1.